The molecule has 33 heavy (non-hydrogen) atoms. The number of aromatic nitrogens is 4. The van der Waals surface area contributed by atoms with E-state index in [-0.39, 0.29) is 17.2 Å². The van der Waals surface area contributed by atoms with Crippen LogP contribution in [0.4, 0.5) is 20.3 Å². The number of benzene rings is 1. The van der Waals surface area contributed by atoms with Crippen molar-refractivity contribution in [1.29, 1.82) is 0 Å². The first-order valence-corrected chi connectivity index (χ1v) is 10.6. The van der Waals surface area contributed by atoms with Gasteiger partial charge in [-0.15, -0.1) is 0 Å². The Morgan fingerprint density at radius 1 is 1.21 bits per heavy atom. The van der Waals surface area contributed by atoms with Gasteiger partial charge in [0.15, 0.2) is 0 Å². The van der Waals surface area contributed by atoms with E-state index < -0.39 is 6.43 Å². The van der Waals surface area contributed by atoms with Crippen molar-refractivity contribution in [3.63, 3.8) is 0 Å². The number of carbonyl (C=O) groups is 1. The summed E-state index contributed by atoms with van der Waals surface area (Å²) in [7, 11) is 3.30. The second-order valence-electron chi connectivity index (χ2n) is 8.03. The topological polar surface area (TPSA) is 75.9 Å². The van der Waals surface area contributed by atoms with Crippen LogP contribution in [0.15, 0.2) is 49.1 Å². The van der Waals surface area contributed by atoms with Crippen molar-refractivity contribution in [3.8, 4) is 11.1 Å². The van der Waals surface area contributed by atoms with E-state index in [0.29, 0.717) is 29.2 Å². The number of nitrogens with zero attached hydrogens (tertiary/aromatic N) is 5. The van der Waals surface area contributed by atoms with Crippen molar-refractivity contribution in [1.82, 2.24) is 25.1 Å². The lowest BCUT2D eigenvalue weighted by molar-refractivity contribution is 0.0958. The Hall–Kier alpha value is -3.88. The number of aryl methyl sites for hydroxylation is 2. The smallest absolute Gasteiger partial charge is 0.269 e. The average molecular weight is 448 g/mol. The highest BCUT2D eigenvalue weighted by atomic mass is 19.3. The Kier molecular flexibility index (Phi) is 5.24. The first-order valence-electron chi connectivity index (χ1n) is 10.6. The van der Waals surface area contributed by atoms with Gasteiger partial charge in [0.1, 0.15) is 11.5 Å². The zero-order valence-electron chi connectivity index (χ0n) is 18.2. The minimum Gasteiger partial charge on any atom is -0.354 e. The predicted molar refractivity (Wildman–Crippen MR) is 122 cm³/mol. The number of hydrogen-bond donors (Lipinski definition) is 1. The van der Waals surface area contributed by atoms with E-state index >= 15 is 0 Å². The standard InChI is InChI=1S/C24H22F2N6O/c1-27-24(33)20-9-15-11-28-6-5-17(15)23(30-20)32-7-3-4-14-8-18(16-12-29-31(2)13-16)19(22(25)26)10-21(14)32/h5-6,8-13,22H,3-4,7H2,1-2H3,(H,27,33). The van der Waals surface area contributed by atoms with Gasteiger partial charge in [-0.25, -0.2) is 13.8 Å². The molecule has 1 amide bonds. The summed E-state index contributed by atoms with van der Waals surface area (Å²) in [6.45, 7) is 0.601. The average Bonchev–Trinajstić information content (AvgIpc) is 3.27. The lowest BCUT2D eigenvalue weighted by atomic mass is 9.93. The number of hydrogen-bond acceptors (Lipinski definition) is 5. The van der Waals surface area contributed by atoms with Crippen molar-refractivity contribution < 1.29 is 13.6 Å². The molecule has 5 rings (SSSR count). The first-order chi connectivity index (χ1) is 16.0. The van der Waals surface area contributed by atoms with Gasteiger partial charge in [0.25, 0.3) is 12.3 Å². The van der Waals surface area contributed by atoms with E-state index in [0.717, 1.165) is 29.2 Å². The molecule has 0 atom stereocenters. The zero-order chi connectivity index (χ0) is 23.1. The van der Waals surface area contributed by atoms with Gasteiger partial charge in [0.05, 0.1) is 6.20 Å². The maximum atomic E-state index is 14.2. The molecule has 0 spiro atoms. The van der Waals surface area contributed by atoms with Crippen LogP contribution in [0.25, 0.3) is 21.9 Å². The van der Waals surface area contributed by atoms with E-state index in [4.69, 9.17) is 0 Å². The predicted octanol–water partition coefficient (Wildman–Crippen LogP) is 4.41. The minimum atomic E-state index is -2.65. The summed E-state index contributed by atoms with van der Waals surface area (Å²) >= 11 is 0. The molecule has 7 nitrogen and oxygen atoms in total. The van der Waals surface area contributed by atoms with Crippen LogP contribution in [0, 0.1) is 0 Å². The summed E-state index contributed by atoms with van der Waals surface area (Å²) in [4.78, 5) is 23.1. The number of fused-ring (bicyclic) bond motifs is 2. The van der Waals surface area contributed by atoms with Crippen molar-refractivity contribution in [3.05, 3.63) is 65.9 Å². The van der Waals surface area contributed by atoms with Crippen molar-refractivity contribution in [2.75, 3.05) is 18.5 Å². The summed E-state index contributed by atoms with van der Waals surface area (Å²) in [6, 6.07) is 6.92. The van der Waals surface area contributed by atoms with E-state index in [1.165, 1.54) is 0 Å². The van der Waals surface area contributed by atoms with E-state index in [2.05, 4.69) is 20.4 Å². The van der Waals surface area contributed by atoms with Crippen molar-refractivity contribution in [2.45, 2.75) is 19.3 Å². The summed E-state index contributed by atoms with van der Waals surface area (Å²) in [6.07, 6.45) is 5.61. The van der Waals surface area contributed by atoms with E-state index in [9.17, 15) is 13.6 Å². The number of pyridine rings is 2. The van der Waals surface area contributed by atoms with Crippen LogP contribution in [0.3, 0.4) is 0 Å². The molecule has 1 N–H and O–H groups in total. The monoisotopic (exact) mass is 448 g/mol. The Morgan fingerprint density at radius 3 is 2.79 bits per heavy atom. The number of nitrogens with one attached hydrogen (secondary N) is 1. The van der Waals surface area contributed by atoms with Gasteiger partial charge in [-0.05, 0) is 48.2 Å². The number of amides is 1. The number of anilines is 2. The molecule has 0 radical (unpaired) electrons. The minimum absolute atomic E-state index is 0.0536. The molecule has 1 aliphatic rings. The summed E-state index contributed by atoms with van der Waals surface area (Å²) in [5, 5.41) is 8.31. The number of halogens is 2. The van der Waals surface area contributed by atoms with Gasteiger partial charge in [-0.3, -0.25) is 14.5 Å². The van der Waals surface area contributed by atoms with E-state index in [1.807, 2.05) is 17.0 Å². The van der Waals surface area contributed by atoms with Crippen LogP contribution in [0.1, 0.15) is 34.5 Å². The fourth-order valence-electron chi connectivity index (χ4n) is 4.39. The van der Waals surface area contributed by atoms with Gasteiger partial charge in [0, 0.05) is 66.8 Å². The molecule has 4 aromatic rings. The fraction of sp³-hybridized carbons (Fsp3) is 0.250. The zero-order valence-corrected chi connectivity index (χ0v) is 18.2. The molecule has 0 saturated carbocycles. The highest BCUT2D eigenvalue weighted by Gasteiger charge is 2.27. The lowest BCUT2D eigenvalue weighted by Crippen LogP contribution is -2.27. The van der Waals surface area contributed by atoms with Crippen molar-refractivity contribution >= 4 is 28.2 Å². The van der Waals surface area contributed by atoms with Crippen LogP contribution in [0.2, 0.25) is 0 Å². The summed E-state index contributed by atoms with van der Waals surface area (Å²) in [5.41, 5.74) is 2.98. The Morgan fingerprint density at radius 2 is 2.06 bits per heavy atom. The van der Waals surface area contributed by atoms with Crippen LogP contribution < -0.4 is 10.2 Å². The molecule has 1 aliphatic heterocycles. The molecule has 0 fully saturated rings. The molecule has 0 saturated heterocycles. The maximum absolute atomic E-state index is 14.2. The quantitative estimate of drug-likeness (QED) is 0.501. The lowest BCUT2D eigenvalue weighted by Gasteiger charge is -2.32. The number of carbonyl (C=O) groups excluding carboxylic acids is 1. The molecular weight excluding hydrogens is 426 g/mol. The maximum Gasteiger partial charge on any atom is 0.269 e. The third-order valence-corrected chi connectivity index (χ3v) is 5.95. The summed E-state index contributed by atoms with van der Waals surface area (Å²) < 4.78 is 29.9. The second-order valence-corrected chi connectivity index (χ2v) is 8.03. The van der Waals surface area contributed by atoms with Gasteiger partial charge in [0.2, 0.25) is 0 Å². The first kappa shape index (κ1) is 21.0. The highest BCUT2D eigenvalue weighted by Crippen LogP contribution is 2.42. The molecular formula is C24H22F2N6O. The normalized spacial score (nSPS) is 13.4. The SMILES string of the molecule is CNC(=O)c1cc2cnccc2c(N2CCCc3cc(-c4cnn(C)c4)c(C(F)F)cc32)n1. The second kappa shape index (κ2) is 8.23. The molecule has 0 aliphatic carbocycles. The third kappa shape index (κ3) is 3.69. The van der Waals surface area contributed by atoms with E-state index in [1.54, 1.807) is 55.7 Å². The van der Waals surface area contributed by atoms with Gasteiger partial charge in [-0.1, -0.05) is 0 Å². The summed E-state index contributed by atoms with van der Waals surface area (Å²) in [5.74, 6) is 0.239. The molecule has 168 valence electrons. The van der Waals surface area contributed by atoms with Gasteiger partial charge in [-0.2, -0.15) is 5.10 Å². The Balaban J connectivity index is 1.71. The Bertz CT molecular complexity index is 1370. The number of alkyl halides is 2. The van der Waals surface area contributed by atoms with Crippen LogP contribution in [0.5, 0.6) is 0 Å². The van der Waals surface area contributed by atoms with Gasteiger partial charge < -0.3 is 10.2 Å². The molecule has 0 bridgehead atoms. The Labute approximate surface area is 189 Å². The fourth-order valence-corrected chi connectivity index (χ4v) is 4.39. The third-order valence-electron chi connectivity index (χ3n) is 5.95. The largest absolute Gasteiger partial charge is 0.354 e. The molecule has 9 heteroatoms. The molecule has 1 aromatic carbocycles. The van der Waals surface area contributed by atoms with Gasteiger partial charge >= 0.3 is 0 Å². The van der Waals surface area contributed by atoms with Crippen LogP contribution in [-0.4, -0.2) is 39.2 Å². The number of rotatable bonds is 4. The van der Waals surface area contributed by atoms with Crippen LogP contribution in [-0.2, 0) is 13.5 Å². The van der Waals surface area contributed by atoms with Crippen molar-refractivity contribution in [2.24, 2.45) is 7.05 Å². The molecule has 4 heterocycles. The highest BCUT2D eigenvalue weighted by molar-refractivity contribution is 6.01. The molecule has 0 unspecified atom stereocenters. The molecule has 3 aromatic heterocycles. The van der Waals surface area contributed by atoms with Crippen LogP contribution >= 0.6 is 0 Å².